The van der Waals surface area contributed by atoms with Crippen LogP contribution in [0.15, 0.2) is 24.3 Å². The minimum Gasteiger partial charge on any atom is -0.368 e. The molecule has 3 heterocycles. The first-order valence-corrected chi connectivity index (χ1v) is 9.63. The van der Waals surface area contributed by atoms with Gasteiger partial charge >= 0.3 is 0 Å². The maximum atomic E-state index is 12.9. The third-order valence-electron chi connectivity index (χ3n) is 5.76. The number of ether oxygens (including phenoxy) is 1. The third kappa shape index (κ3) is 3.55. The van der Waals surface area contributed by atoms with E-state index in [1.807, 2.05) is 17.0 Å². The van der Waals surface area contributed by atoms with Crippen molar-refractivity contribution in [1.29, 1.82) is 5.26 Å². The molecule has 0 N–H and O–H groups in total. The van der Waals surface area contributed by atoms with Gasteiger partial charge in [-0.3, -0.25) is 14.5 Å². The summed E-state index contributed by atoms with van der Waals surface area (Å²) in [6.07, 6.45) is 2.30. The highest BCUT2D eigenvalue weighted by Crippen LogP contribution is 2.26. The SMILES string of the molecule is N#Cc1ccc(N2CCC(N3CCN(C(=O)C4CCCO4)CC3)C2=O)cc1. The van der Waals surface area contributed by atoms with Crippen molar-refractivity contribution in [2.24, 2.45) is 0 Å². The van der Waals surface area contributed by atoms with Gasteiger partial charge in [0.25, 0.3) is 5.91 Å². The lowest BCUT2D eigenvalue weighted by molar-refractivity contribution is -0.143. The Morgan fingerprint density at radius 1 is 1.07 bits per heavy atom. The summed E-state index contributed by atoms with van der Waals surface area (Å²) < 4.78 is 5.51. The fourth-order valence-corrected chi connectivity index (χ4v) is 4.21. The number of hydrogen-bond acceptors (Lipinski definition) is 5. The molecule has 3 fully saturated rings. The summed E-state index contributed by atoms with van der Waals surface area (Å²) in [4.78, 5) is 31.2. The molecule has 3 aliphatic rings. The van der Waals surface area contributed by atoms with E-state index >= 15 is 0 Å². The highest BCUT2D eigenvalue weighted by Gasteiger charge is 2.39. The number of anilines is 1. The van der Waals surface area contributed by atoms with E-state index in [9.17, 15) is 9.59 Å². The quantitative estimate of drug-likeness (QED) is 0.795. The number of hydrogen-bond donors (Lipinski definition) is 0. The van der Waals surface area contributed by atoms with Crippen molar-refractivity contribution in [3.8, 4) is 6.07 Å². The van der Waals surface area contributed by atoms with Gasteiger partial charge in [0.15, 0.2) is 0 Å². The minimum atomic E-state index is -0.267. The van der Waals surface area contributed by atoms with Crippen molar-refractivity contribution >= 4 is 17.5 Å². The fourth-order valence-electron chi connectivity index (χ4n) is 4.21. The number of nitriles is 1. The molecule has 0 aromatic heterocycles. The van der Waals surface area contributed by atoms with Crippen LogP contribution in [0.2, 0.25) is 0 Å². The second kappa shape index (κ2) is 7.67. The molecule has 27 heavy (non-hydrogen) atoms. The average molecular weight is 368 g/mol. The zero-order chi connectivity index (χ0) is 18.8. The third-order valence-corrected chi connectivity index (χ3v) is 5.76. The normalized spacial score (nSPS) is 26.4. The Morgan fingerprint density at radius 3 is 2.44 bits per heavy atom. The van der Waals surface area contributed by atoms with Crippen LogP contribution in [-0.4, -0.2) is 73.1 Å². The number of carbonyl (C=O) groups is 2. The Morgan fingerprint density at radius 2 is 1.81 bits per heavy atom. The molecule has 3 saturated heterocycles. The Balaban J connectivity index is 1.34. The van der Waals surface area contributed by atoms with E-state index in [4.69, 9.17) is 10.00 Å². The molecular formula is C20H24N4O3. The Bertz CT molecular complexity index is 743. The van der Waals surface area contributed by atoms with Gasteiger partial charge < -0.3 is 14.5 Å². The van der Waals surface area contributed by atoms with Crippen LogP contribution < -0.4 is 4.90 Å². The summed E-state index contributed by atoms with van der Waals surface area (Å²) in [6, 6.07) is 9.12. The summed E-state index contributed by atoms with van der Waals surface area (Å²) in [6.45, 7) is 4.10. The van der Waals surface area contributed by atoms with Crippen molar-refractivity contribution < 1.29 is 14.3 Å². The van der Waals surface area contributed by atoms with Crippen LogP contribution in [0.3, 0.4) is 0 Å². The van der Waals surface area contributed by atoms with Crippen LogP contribution in [-0.2, 0) is 14.3 Å². The molecule has 0 radical (unpaired) electrons. The van der Waals surface area contributed by atoms with Crippen molar-refractivity contribution in [1.82, 2.24) is 9.80 Å². The smallest absolute Gasteiger partial charge is 0.251 e. The van der Waals surface area contributed by atoms with E-state index in [2.05, 4.69) is 11.0 Å². The molecule has 0 bridgehead atoms. The molecule has 2 amide bonds. The monoisotopic (exact) mass is 368 g/mol. The van der Waals surface area contributed by atoms with E-state index in [-0.39, 0.29) is 24.0 Å². The largest absolute Gasteiger partial charge is 0.368 e. The van der Waals surface area contributed by atoms with Gasteiger partial charge in [-0.2, -0.15) is 5.26 Å². The maximum Gasteiger partial charge on any atom is 0.251 e. The predicted molar refractivity (Wildman–Crippen MR) is 99.0 cm³/mol. The zero-order valence-corrected chi connectivity index (χ0v) is 15.3. The second-order valence-electron chi connectivity index (χ2n) is 7.32. The van der Waals surface area contributed by atoms with E-state index in [0.717, 1.165) is 38.0 Å². The van der Waals surface area contributed by atoms with Crippen LogP contribution in [0.4, 0.5) is 5.69 Å². The molecule has 0 saturated carbocycles. The highest BCUT2D eigenvalue weighted by atomic mass is 16.5. The number of rotatable bonds is 3. The lowest BCUT2D eigenvalue weighted by Gasteiger charge is -2.38. The predicted octanol–water partition coefficient (Wildman–Crippen LogP) is 0.987. The molecule has 0 spiro atoms. The molecule has 7 nitrogen and oxygen atoms in total. The van der Waals surface area contributed by atoms with E-state index in [1.54, 1.807) is 17.0 Å². The van der Waals surface area contributed by atoms with Gasteiger partial charge in [-0.15, -0.1) is 0 Å². The van der Waals surface area contributed by atoms with E-state index < -0.39 is 0 Å². The minimum absolute atomic E-state index is 0.101. The molecule has 2 unspecified atom stereocenters. The summed E-state index contributed by atoms with van der Waals surface area (Å²) in [5.41, 5.74) is 1.43. The Labute approximate surface area is 159 Å². The lowest BCUT2D eigenvalue weighted by Crippen LogP contribution is -2.55. The molecule has 1 aromatic carbocycles. The average Bonchev–Trinajstić information content (AvgIpc) is 3.38. The summed E-state index contributed by atoms with van der Waals surface area (Å²) >= 11 is 0. The Kier molecular flexibility index (Phi) is 5.10. The van der Waals surface area contributed by atoms with Crippen molar-refractivity contribution in [2.45, 2.75) is 31.4 Å². The van der Waals surface area contributed by atoms with Gasteiger partial charge in [-0.05, 0) is 43.5 Å². The summed E-state index contributed by atoms with van der Waals surface area (Å²) in [5, 5.41) is 8.91. The Hall–Kier alpha value is -2.43. The van der Waals surface area contributed by atoms with Gasteiger partial charge in [0.05, 0.1) is 17.7 Å². The van der Waals surface area contributed by atoms with Crippen LogP contribution in [0.1, 0.15) is 24.8 Å². The van der Waals surface area contributed by atoms with Gasteiger partial charge in [0.2, 0.25) is 5.91 Å². The molecular weight excluding hydrogens is 344 g/mol. The van der Waals surface area contributed by atoms with Gasteiger partial charge in [-0.1, -0.05) is 0 Å². The molecule has 4 rings (SSSR count). The number of carbonyl (C=O) groups excluding carboxylic acids is 2. The number of nitrogens with zero attached hydrogens (tertiary/aromatic N) is 4. The van der Waals surface area contributed by atoms with Crippen molar-refractivity contribution in [2.75, 3.05) is 44.2 Å². The first-order valence-electron chi connectivity index (χ1n) is 9.63. The van der Waals surface area contributed by atoms with Crippen LogP contribution in [0, 0.1) is 11.3 Å². The first-order chi connectivity index (χ1) is 13.2. The lowest BCUT2D eigenvalue weighted by atomic mass is 10.1. The zero-order valence-electron chi connectivity index (χ0n) is 15.3. The number of benzene rings is 1. The highest BCUT2D eigenvalue weighted by molar-refractivity contribution is 5.99. The maximum absolute atomic E-state index is 12.9. The molecule has 3 aliphatic heterocycles. The molecule has 1 aromatic rings. The standard InChI is InChI=1S/C20H24N4O3/c21-14-15-3-5-16(6-4-15)24-8-7-17(19(24)25)22-9-11-23(12-10-22)20(26)18-2-1-13-27-18/h3-6,17-18H,1-2,7-13H2. The van der Waals surface area contributed by atoms with Gasteiger partial charge in [-0.25, -0.2) is 0 Å². The van der Waals surface area contributed by atoms with E-state index in [1.165, 1.54) is 0 Å². The molecule has 2 atom stereocenters. The van der Waals surface area contributed by atoms with Crippen molar-refractivity contribution in [3.05, 3.63) is 29.8 Å². The molecule has 0 aliphatic carbocycles. The van der Waals surface area contributed by atoms with Crippen LogP contribution in [0.25, 0.3) is 0 Å². The van der Waals surface area contributed by atoms with Crippen LogP contribution >= 0.6 is 0 Å². The summed E-state index contributed by atoms with van der Waals surface area (Å²) in [7, 11) is 0. The molecule has 7 heteroatoms. The molecule has 142 valence electrons. The van der Waals surface area contributed by atoms with Crippen molar-refractivity contribution in [3.63, 3.8) is 0 Å². The summed E-state index contributed by atoms with van der Waals surface area (Å²) in [5.74, 6) is 0.211. The van der Waals surface area contributed by atoms with Gasteiger partial charge in [0.1, 0.15) is 6.10 Å². The van der Waals surface area contributed by atoms with Gasteiger partial charge in [0, 0.05) is 45.0 Å². The first kappa shape index (κ1) is 18.0. The van der Waals surface area contributed by atoms with Crippen LogP contribution in [0.5, 0.6) is 0 Å². The second-order valence-corrected chi connectivity index (χ2v) is 7.32. The fraction of sp³-hybridized carbons (Fsp3) is 0.550. The number of piperazine rings is 1. The number of amides is 2. The van der Waals surface area contributed by atoms with E-state index in [0.29, 0.717) is 31.8 Å². The topological polar surface area (TPSA) is 76.9 Å².